The van der Waals surface area contributed by atoms with Crippen LogP contribution in [0, 0.1) is 28.6 Å². The molecule has 1 aliphatic carbocycles. The fraction of sp³-hybridized carbons (Fsp3) is 0.481. The van der Waals surface area contributed by atoms with Crippen molar-refractivity contribution in [3.63, 3.8) is 0 Å². The summed E-state index contributed by atoms with van der Waals surface area (Å²) in [5, 5.41) is 28.9. The van der Waals surface area contributed by atoms with E-state index in [1.54, 1.807) is 23.2 Å². The van der Waals surface area contributed by atoms with Gasteiger partial charge in [-0.2, -0.15) is 10.5 Å². The van der Waals surface area contributed by atoms with Gasteiger partial charge < -0.3 is 14.9 Å². The van der Waals surface area contributed by atoms with Crippen molar-refractivity contribution in [2.45, 2.75) is 43.2 Å². The third-order valence-corrected chi connectivity index (χ3v) is 7.96. The number of benzene rings is 1. The van der Waals surface area contributed by atoms with Gasteiger partial charge in [0, 0.05) is 37.8 Å². The molecule has 8 heteroatoms. The second kappa shape index (κ2) is 9.56. The molecule has 2 atom stereocenters. The maximum absolute atomic E-state index is 12.1. The van der Waals surface area contributed by atoms with Crippen LogP contribution in [0.4, 0.5) is 10.6 Å². The second-order valence-electron chi connectivity index (χ2n) is 10.1. The SMILES string of the molecule is N#CCC1(N2CCC(CN(C(=O)O)C3CC3c3ccccc3)CC2)CN(c2ncccc2C#N)C1. The zero-order valence-corrected chi connectivity index (χ0v) is 19.8. The summed E-state index contributed by atoms with van der Waals surface area (Å²) in [5.41, 5.74) is 1.55. The first-order valence-corrected chi connectivity index (χ1v) is 12.3. The van der Waals surface area contributed by atoms with Crippen LogP contribution in [-0.2, 0) is 0 Å². The normalized spacial score (nSPS) is 23.5. The van der Waals surface area contributed by atoms with E-state index in [-0.39, 0.29) is 11.6 Å². The lowest BCUT2D eigenvalue weighted by Gasteiger charge is -2.57. The van der Waals surface area contributed by atoms with E-state index in [9.17, 15) is 20.4 Å². The van der Waals surface area contributed by atoms with E-state index in [0.29, 0.717) is 49.3 Å². The summed E-state index contributed by atoms with van der Waals surface area (Å²) in [7, 11) is 0. The Kier molecular flexibility index (Phi) is 6.32. The molecule has 1 amide bonds. The van der Waals surface area contributed by atoms with Gasteiger partial charge in [0.2, 0.25) is 0 Å². The van der Waals surface area contributed by atoms with E-state index in [2.05, 4.69) is 39.1 Å². The van der Waals surface area contributed by atoms with Gasteiger partial charge in [-0.3, -0.25) is 4.90 Å². The van der Waals surface area contributed by atoms with Crippen molar-refractivity contribution in [3.8, 4) is 12.1 Å². The van der Waals surface area contributed by atoms with Crippen molar-refractivity contribution in [1.82, 2.24) is 14.8 Å². The highest BCUT2D eigenvalue weighted by Gasteiger charge is 2.50. The number of carboxylic acid groups (broad SMARTS) is 1. The Hall–Kier alpha value is -3.62. The van der Waals surface area contributed by atoms with Gasteiger partial charge in [-0.05, 0) is 56.0 Å². The third-order valence-electron chi connectivity index (χ3n) is 7.96. The zero-order chi connectivity index (χ0) is 24.4. The molecule has 2 unspecified atom stereocenters. The maximum atomic E-state index is 12.1. The molecule has 3 heterocycles. The summed E-state index contributed by atoms with van der Waals surface area (Å²) in [6.45, 7) is 3.65. The van der Waals surface area contributed by atoms with Gasteiger partial charge in [0.15, 0.2) is 0 Å². The molecule has 1 saturated carbocycles. The van der Waals surface area contributed by atoms with Crippen molar-refractivity contribution in [3.05, 3.63) is 59.8 Å². The second-order valence-corrected chi connectivity index (χ2v) is 10.1. The van der Waals surface area contributed by atoms with Crippen LogP contribution in [-0.4, -0.2) is 70.3 Å². The minimum atomic E-state index is -0.824. The van der Waals surface area contributed by atoms with Crippen LogP contribution in [0.2, 0.25) is 0 Å². The molecule has 2 aliphatic heterocycles. The minimum Gasteiger partial charge on any atom is -0.465 e. The van der Waals surface area contributed by atoms with Crippen LogP contribution < -0.4 is 4.90 Å². The average Bonchev–Trinajstić information content (AvgIpc) is 3.66. The predicted octanol–water partition coefficient (Wildman–Crippen LogP) is 3.67. The van der Waals surface area contributed by atoms with Crippen LogP contribution in [0.1, 0.15) is 42.7 Å². The van der Waals surface area contributed by atoms with Crippen molar-refractivity contribution < 1.29 is 9.90 Å². The number of likely N-dealkylation sites (tertiary alicyclic amines) is 1. The fourth-order valence-electron chi connectivity index (χ4n) is 5.93. The van der Waals surface area contributed by atoms with Gasteiger partial charge in [0.05, 0.1) is 23.6 Å². The van der Waals surface area contributed by atoms with E-state index >= 15 is 0 Å². The number of nitriles is 2. The largest absolute Gasteiger partial charge is 0.465 e. The Morgan fingerprint density at radius 3 is 2.54 bits per heavy atom. The summed E-state index contributed by atoms with van der Waals surface area (Å²) < 4.78 is 0. The molecule has 2 aromatic rings. The number of pyridine rings is 1. The van der Waals surface area contributed by atoms with Crippen molar-refractivity contribution in [1.29, 1.82) is 10.5 Å². The number of piperidine rings is 1. The van der Waals surface area contributed by atoms with Crippen molar-refractivity contribution >= 4 is 11.9 Å². The summed E-state index contributed by atoms with van der Waals surface area (Å²) in [6, 6.07) is 18.4. The molecule has 180 valence electrons. The molecule has 5 rings (SSSR count). The lowest BCUT2D eigenvalue weighted by atomic mass is 9.81. The highest BCUT2D eigenvalue weighted by Crippen LogP contribution is 2.45. The molecule has 3 fully saturated rings. The molecular weight excluding hydrogens is 440 g/mol. The minimum absolute atomic E-state index is 0.0748. The lowest BCUT2D eigenvalue weighted by Crippen LogP contribution is -2.71. The first-order valence-electron chi connectivity index (χ1n) is 12.3. The fourth-order valence-corrected chi connectivity index (χ4v) is 5.93. The van der Waals surface area contributed by atoms with Gasteiger partial charge in [-0.15, -0.1) is 0 Å². The average molecular weight is 471 g/mol. The van der Waals surface area contributed by atoms with Crippen molar-refractivity contribution in [2.24, 2.45) is 5.92 Å². The Morgan fingerprint density at radius 1 is 1.14 bits per heavy atom. The van der Waals surface area contributed by atoms with E-state index in [1.165, 1.54) is 5.56 Å². The molecule has 1 aromatic carbocycles. The smallest absolute Gasteiger partial charge is 0.407 e. The first kappa shape index (κ1) is 23.1. The molecule has 0 radical (unpaired) electrons. The predicted molar refractivity (Wildman–Crippen MR) is 131 cm³/mol. The monoisotopic (exact) mass is 470 g/mol. The summed E-state index contributed by atoms with van der Waals surface area (Å²) in [4.78, 5) is 22.6. The summed E-state index contributed by atoms with van der Waals surface area (Å²) in [5.74, 6) is 1.32. The number of hydrogen-bond donors (Lipinski definition) is 1. The molecule has 1 N–H and O–H groups in total. The Morgan fingerprint density at radius 2 is 1.89 bits per heavy atom. The van der Waals surface area contributed by atoms with Crippen LogP contribution in [0.15, 0.2) is 48.7 Å². The van der Waals surface area contributed by atoms with Gasteiger partial charge in [0.25, 0.3) is 0 Å². The number of hydrogen-bond acceptors (Lipinski definition) is 6. The number of aromatic nitrogens is 1. The number of nitrogens with zero attached hydrogens (tertiary/aromatic N) is 6. The Balaban J connectivity index is 1.18. The van der Waals surface area contributed by atoms with Crippen molar-refractivity contribution in [2.75, 3.05) is 37.6 Å². The number of rotatable bonds is 7. The number of carbonyl (C=O) groups is 1. The van der Waals surface area contributed by atoms with E-state index in [4.69, 9.17) is 0 Å². The van der Waals surface area contributed by atoms with E-state index in [1.807, 2.05) is 18.2 Å². The zero-order valence-electron chi connectivity index (χ0n) is 19.8. The quantitative estimate of drug-likeness (QED) is 0.658. The molecule has 0 spiro atoms. The molecular formula is C27H30N6O2. The van der Waals surface area contributed by atoms with Gasteiger partial charge in [-0.1, -0.05) is 30.3 Å². The lowest BCUT2D eigenvalue weighted by molar-refractivity contribution is 0.0234. The van der Waals surface area contributed by atoms with Gasteiger partial charge >= 0.3 is 6.09 Å². The summed E-state index contributed by atoms with van der Waals surface area (Å²) in [6.07, 6.45) is 4.05. The number of amides is 1. The van der Waals surface area contributed by atoms with Gasteiger partial charge in [-0.25, -0.2) is 9.78 Å². The first-order chi connectivity index (χ1) is 17.0. The van der Waals surface area contributed by atoms with Crippen LogP contribution >= 0.6 is 0 Å². The summed E-state index contributed by atoms with van der Waals surface area (Å²) >= 11 is 0. The van der Waals surface area contributed by atoms with Crippen LogP contribution in [0.5, 0.6) is 0 Å². The van der Waals surface area contributed by atoms with Gasteiger partial charge in [0.1, 0.15) is 11.9 Å². The molecule has 1 aromatic heterocycles. The molecule has 8 nitrogen and oxygen atoms in total. The molecule has 0 bridgehead atoms. The highest BCUT2D eigenvalue weighted by molar-refractivity contribution is 5.66. The Bertz CT molecular complexity index is 1140. The standard InChI is InChI=1S/C27H30N6O2/c28-11-10-27(18-31(19-27)25-22(16-29)7-4-12-30-25)32-13-8-20(9-14-32)17-33(26(34)35)24-15-23(24)21-5-2-1-3-6-21/h1-7,12,20,23-24H,8-10,13-15,17-19H2,(H,34,35). The highest BCUT2D eigenvalue weighted by atomic mass is 16.4. The molecule has 35 heavy (non-hydrogen) atoms. The molecule has 2 saturated heterocycles. The maximum Gasteiger partial charge on any atom is 0.407 e. The van der Waals surface area contributed by atoms with Crippen LogP contribution in [0.25, 0.3) is 0 Å². The van der Waals surface area contributed by atoms with E-state index < -0.39 is 6.09 Å². The number of anilines is 1. The topological polar surface area (TPSA) is 107 Å². The van der Waals surface area contributed by atoms with E-state index in [0.717, 1.165) is 32.4 Å². The third kappa shape index (κ3) is 4.54. The molecule has 3 aliphatic rings. The Labute approximate surface area is 206 Å². The van der Waals surface area contributed by atoms with Crippen LogP contribution in [0.3, 0.4) is 0 Å².